The van der Waals surface area contributed by atoms with E-state index in [1.54, 1.807) is 12.4 Å². The largest absolute Gasteiger partial charge is 0.334 e. The Bertz CT molecular complexity index is 791. The molecule has 0 radical (unpaired) electrons. The Balaban J connectivity index is 1.52. The van der Waals surface area contributed by atoms with Crippen LogP contribution in [0.3, 0.4) is 0 Å². The maximum absolute atomic E-state index is 12.1. The van der Waals surface area contributed by atoms with E-state index < -0.39 is 0 Å². The van der Waals surface area contributed by atoms with Crippen molar-refractivity contribution in [2.45, 2.75) is 32.9 Å². The van der Waals surface area contributed by atoms with Crippen molar-refractivity contribution in [3.05, 3.63) is 66.5 Å². The van der Waals surface area contributed by atoms with Gasteiger partial charge in [0.25, 0.3) is 0 Å². The summed E-state index contributed by atoms with van der Waals surface area (Å²) in [6.45, 7) is 3.37. The highest BCUT2D eigenvalue weighted by molar-refractivity contribution is 5.90. The number of imidazole rings is 1. The Morgan fingerprint density at radius 3 is 2.88 bits per heavy atom. The zero-order valence-electron chi connectivity index (χ0n) is 13.7. The third kappa shape index (κ3) is 4.10. The predicted molar refractivity (Wildman–Crippen MR) is 92.6 cm³/mol. The average molecular weight is 323 g/mol. The molecular weight excluding hydrogens is 302 g/mol. The number of hydrogen-bond acceptors (Lipinski definition) is 3. The van der Waals surface area contributed by atoms with E-state index in [4.69, 9.17) is 0 Å². The molecule has 0 bridgehead atoms. The Morgan fingerprint density at radius 2 is 2.08 bits per heavy atom. The zero-order chi connectivity index (χ0) is 16.8. The van der Waals surface area contributed by atoms with E-state index in [9.17, 15) is 4.79 Å². The number of hydrogen-bond donors (Lipinski definition) is 1. The molecule has 0 fully saturated rings. The zero-order valence-corrected chi connectivity index (χ0v) is 13.7. The monoisotopic (exact) mass is 323 g/mol. The summed E-state index contributed by atoms with van der Waals surface area (Å²) in [5.74, 6) is 0.975. The quantitative estimate of drug-likeness (QED) is 0.727. The number of nitrogens with zero attached hydrogens (tertiary/aromatic N) is 4. The Kier molecular flexibility index (Phi) is 5.05. The Labute approximate surface area is 141 Å². The normalized spacial score (nSPS) is 10.7. The maximum atomic E-state index is 12.1. The minimum Gasteiger partial charge on any atom is -0.334 e. The molecule has 2 heterocycles. The van der Waals surface area contributed by atoms with Gasteiger partial charge >= 0.3 is 0 Å². The van der Waals surface area contributed by atoms with Gasteiger partial charge in [-0.1, -0.05) is 37.3 Å². The van der Waals surface area contributed by atoms with E-state index in [2.05, 4.69) is 34.5 Å². The van der Waals surface area contributed by atoms with Gasteiger partial charge < -0.3 is 9.88 Å². The SMILES string of the molecule is CCc1nccn1CCC(=O)Nc1cnn(Cc2ccccc2)c1. The molecule has 0 unspecified atom stereocenters. The molecule has 0 atom stereocenters. The lowest BCUT2D eigenvalue weighted by Gasteiger charge is -2.06. The van der Waals surface area contributed by atoms with Crippen molar-refractivity contribution >= 4 is 11.6 Å². The van der Waals surface area contributed by atoms with Crippen LogP contribution in [0.4, 0.5) is 5.69 Å². The minimum atomic E-state index is -0.0231. The Hall–Kier alpha value is -2.89. The molecule has 1 aromatic carbocycles. The molecule has 24 heavy (non-hydrogen) atoms. The second-order valence-electron chi connectivity index (χ2n) is 5.60. The molecule has 0 saturated heterocycles. The third-order valence-electron chi connectivity index (χ3n) is 3.80. The van der Waals surface area contributed by atoms with Crippen LogP contribution in [0.15, 0.2) is 55.1 Å². The molecule has 1 N–H and O–H groups in total. The molecule has 1 amide bonds. The third-order valence-corrected chi connectivity index (χ3v) is 3.80. The van der Waals surface area contributed by atoms with Crippen molar-refractivity contribution in [1.82, 2.24) is 19.3 Å². The summed E-state index contributed by atoms with van der Waals surface area (Å²) in [7, 11) is 0. The van der Waals surface area contributed by atoms with Gasteiger partial charge in [0, 0.05) is 38.0 Å². The molecule has 0 spiro atoms. The van der Waals surface area contributed by atoms with Crippen molar-refractivity contribution in [2.24, 2.45) is 0 Å². The number of benzene rings is 1. The van der Waals surface area contributed by atoms with Crippen molar-refractivity contribution in [2.75, 3.05) is 5.32 Å². The van der Waals surface area contributed by atoms with E-state index in [-0.39, 0.29) is 5.91 Å². The summed E-state index contributed by atoms with van der Waals surface area (Å²) >= 11 is 0. The van der Waals surface area contributed by atoms with Gasteiger partial charge in [-0.15, -0.1) is 0 Å². The second-order valence-corrected chi connectivity index (χ2v) is 5.60. The highest BCUT2D eigenvalue weighted by Gasteiger charge is 2.07. The van der Waals surface area contributed by atoms with Gasteiger partial charge in [-0.05, 0) is 5.56 Å². The van der Waals surface area contributed by atoms with E-state index in [0.29, 0.717) is 19.5 Å². The molecule has 0 aliphatic heterocycles. The van der Waals surface area contributed by atoms with Crippen LogP contribution in [0.5, 0.6) is 0 Å². The van der Waals surface area contributed by atoms with Crippen molar-refractivity contribution in [1.29, 1.82) is 0 Å². The molecule has 2 aromatic heterocycles. The highest BCUT2D eigenvalue weighted by Crippen LogP contribution is 2.09. The number of rotatable bonds is 7. The highest BCUT2D eigenvalue weighted by atomic mass is 16.1. The van der Waals surface area contributed by atoms with Crippen molar-refractivity contribution < 1.29 is 4.79 Å². The van der Waals surface area contributed by atoms with Gasteiger partial charge in [0.1, 0.15) is 5.82 Å². The fraction of sp³-hybridized carbons (Fsp3) is 0.278. The summed E-state index contributed by atoms with van der Waals surface area (Å²) in [4.78, 5) is 16.4. The standard InChI is InChI=1S/C18H21N5O/c1-2-17-19-9-11-22(17)10-8-18(24)21-16-12-20-23(14-16)13-15-6-4-3-5-7-15/h3-7,9,11-12,14H,2,8,10,13H2,1H3,(H,21,24). The lowest BCUT2D eigenvalue weighted by molar-refractivity contribution is -0.116. The first kappa shape index (κ1) is 16.0. The van der Waals surface area contributed by atoms with Gasteiger partial charge in [-0.2, -0.15) is 5.10 Å². The van der Waals surface area contributed by atoms with Gasteiger partial charge in [-0.3, -0.25) is 9.48 Å². The molecule has 3 aromatic rings. The number of aromatic nitrogens is 4. The first-order valence-electron chi connectivity index (χ1n) is 8.11. The molecule has 0 saturated carbocycles. The fourth-order valence-electron chi connectivity index (χ4n) is 2.59. The first-order chi connectivity index (χ1) is 11.7. The average Bonchev–Trinajstić information content (AvgIpc) is 3.23. The van der Waals surface area contributed by atoms with Gasteiger partial charge in [0.05, 0.1) is 18.4 Å². The molecule has 6 heteroatoms. The van der Waals surface area contributed by atoms with E-state index in [1.165, 1.54) is 5.56 Å². The van der Waals surface area contributed by atoms with Gasteiger partial charge in [0.2, 0.25) is 5.91 Å². The number of amides is 1. The van der Waals surface area contributed by atoms with E-state index >= 15 is 0 Å². The molecule has 0 aliphatic carbocycles. The van der Waals surface area contributed by atoms with Crippen LogP contribution in [0, 0.1) is 0 Å². The van der Waals surface area contributed by atoms with E-state index in [0.717, 1.165) is 17.9 Å². The van der Waals surface area contributed by atoms with Crippen LogP contribution in [-0.4, -0.2) is 25.2 Å². The van der Waals surface area contributed by atoms with E-state index in [1.807, 2.05) is 39.8 Å². The predicted octanol–water partition coefficient (Wildman–Crippen LogP) is 2.72. The first-order valence-corrected chi connectivity index (χ1v) is 8.11. The summed E-state index contributed by atoms with van der Waals surface area (Å²) < 4.78 is 3.83. The number of nitrogens with one attached hydrogen (secondary N) is 1. The maximum Gasteiger partial charge on any atom is 0.226 e. The number of carbonyl (C=O) groups excluding carboxylic acids is 1. The number of anilines is 1. The fourth-order valence-corrected chi connectivity index (χ4v) is 2.59. The number of carbonyl (C=O) groups is 1. The smallest absolute Gasteiger partial charge is 0.226 e. The summed E-state index contributed by atoms with van der Waals surface area (Å²) in [6.07, 6.45) is 8.47. The molecular formula is C18H21N5O. The van der Waals surface area contributed by atoms with Gasteiger partial charge in [0.15, 0.2) is 0 Å². The summed E-state index contributed by atoms with van der Waals surface area (Å²) in [5.41, 5.74) is 1.89. The van der Waals surface area contributed by atoms with Crippen LogP contribution in [0.2, 0.25) is 0 Å². The minimum absolute atomic E-state index is 0.0231. The van der Waals surface area contributed by atoms with Crippen molar-refractivity contribution in [3.63, 3.8) is 0 Å². The molecule has 3 rings (SSSR count). The van der Waals surface area contributed by atoms with Gasteiger partial charge in [-0.25, -0.2) is 4.98 Å². The van der Waals surface area contributed by atoms with Crippen molar-refractivity contribution in [3.8, 4) is 0 Å². The summed E-state index contributed by atoms with van der Waals surface area (Å²) in [6, 6.07) is 10.1. The Morgan fingerprint density at radius 1 is 1.25 bits per heavy atom. The van der Waals surface area contributed by atoms with Crippen LogP contribution in [-0.2, 0) is 24.3 Å². The van der Waals surface area contributed by atoms with Crippen LogP contribution < -0.4 is 5.32 Å². The lowest BCUT2D eigenvalue weighted by Crippen LogP contribution is -2.15. The molecule has 0 aliphatic rings. The molecule has 124 valence electrons. The number of aryl methyl sites for hydroxylation is 2. The van der Waals surface area contributed by atoms with Crippen LogP contribution in [0.25, 0.3) is 0 Å². The molecule has 6 nitrogen and oxygen atoms in total. The summed E-state index contributed by atoms with van der Waals surface area (Å²) in [5, 5.41) is 7.18. The lowest BCUT2D eigenvalue weighted by atomic mass is 10.2. The second kappa shape index (κ2) is 7.59. The van der Waals surface area contributed by atoms with Crippen LogP contribution >= 0.6 is 0 Å². The van der Waals surface area contributed by atoms with Crippen LogP contribution in [0.1, 0.15) is 24.7 Å². The topological polar surface area (TPSA) is 64.7 Å².